The summed E-state index contributed by atoms with van der Waals surface area (Å²) in [7, 11) is -3.39. The van der Waals surface area contributed by atoms with Gasteiger partial charge in [-0.1, -0.05) is 6.42 Å². The molecule has 6 heteroatoms. The molecule has 0 aliphatic carbocycles. The minimum absolute atomic E-state index is 0.203. The summed E-state index contributed by atoms with van der Waals surface area (Å²) in [6.07, 6.45) is 5.54. The predicted octanol–water partition coefficient (Wildman–Crippen LogP) is 0.489. The normalized spacial score (nSPS) is 11.6. The van der Waals surface area contributed by atoms with Gasteiger partial charge in [-0.25, -0.2) is 13.1 Å². The van der Waals surface area contributed by atoms with Crippen molar-refractivity contribution in [2.45, 2.75) is 24.2 Å². The van der Waals surface area contributed by atoms with Crippen LogP contribution in [0.2, 0.25) is 0 Å². The van der Waals surface area contributed by atoms with Crippen LogP contribution in [-0.2, 0) is 10.0 Å². The maximum Gasteiger partial charge on any atom is 0.242 e. The molecular weight excluding hydrogens is 226 g/mol. The van der Waals surface area contributed by atoms with Crippen molar-refractivity contribution in [3.8, 4) is 0 Å². The molecule has 0 radical (unpaired) electrons. The Morgan fingerprint density at radius 3 is 2.75 bits per heavy atom. The van der Waals surface area contributed by atoms with Crippen LogP contribution in [0.25, 0.3) is 0 Å². The van der Waals surface area contributed by atoms with E-state index in [2.05, 4.69) is 9.71 Å². The quantitative estimate of drug-likeness (QED) is 0.682. The zero-order chi connectivity index (χ0) is 11.9. The van der Waals surface area contributed by atoms with E-state index in [0.29, 0.717) is 13.1 Å². The molecule has 0 aliphatic rings. The van der Waals surface area contributed by atoms with Crippen LogP contribution in [0.15, 0.2) is 29.4 Å². The highest BCUT2D eigenvalue weighted by Crippen LogP contribution is 2.05. The Morgan fingerprint density at radius 2 is 2.12 bits per heavy atom. The van der Waals surface area contributed by atoms with Crippen LogP contribution in [0.3, 0.4) is 0 Å². The second-order valence-corrected chi connectivity index (χ2v) is 5.20. The van der Waals surface area contributed by atoms with Crippen LogP contribution < -0.4 is 10.5 Å². The van der Waals surface area contributed by atoms with Gasteiger partial charge in [0.2, 0.25) is 10.0 Å². The van der Waals surface area contributed by atoms with Crippen LogP contribution in [0.1, 0.15) is 19.3 Å². The lowest BCUT2D eigenvalue weighted by Crippen LogP contribution is -2.24. The largest absolute Gasteiger partial charge is 0.330 e. The van der Waals surface area contributed by atoms with Gasteiger partial charge >= 0.3 is 0 Å². The number of nitrogens with zero attached hydrogens (tertiary/aromatic N) is 1. The number of pyridine rings is 1. The van der Waals surface area contributed by atoms with Crippen molar-refractivity contribution in [2.75, 3.05) is 13.1 Å². The molecule has 0 saturated heterocycles. The van der Waals surface area contributed by atoms with E-state index >= 15 is 0 Å². The number of nitrogens with two attached hydrogens (primary N) is 1. The summed E-state index contributed by atoms with van der Waals surface area (Å²) in [5.74, 6) is 0. The molecule has 90 valence electrons. The fraction of sp³-hybridized carbons (Fsp3) is 0.500. The molecule has 0 saturated carbocycles. The van der Waals surface area contributed by atoms with Gasteiger partial charge in [0.05, 0.1) is 0 Å². The van der Waals surface area contributed by atoms with E-state index in [0.717, 1.165) is 19.3 Å². The number of hydrogen-bond acceptors (Lipinski definition) is 4. The number of aromatic nitrogens is 1. The summed E-state index contributed by atoms with van der Waals surface area (Å²) in [5.41, 5.74) is 5.34. The summed E-state index contributed by atoms with van der Waals surface area (Å²) >= 11 is 0. The number of nitrogens with one attached hydrogen (secondary N) is 1. The van der Waals surface area contributed by atoms with Crippen molar-refractivity contribution in [1.82, 2.24) is 9.71 Å². The topological polar surface area (TPSA) is 85.1 Å². The van der Waals surface area contributed by atoms with Crippen LogP contribution in [0.5, 0.6) is 0 Å². The minimum atomic E-state index is -3.39. The Hall–Kier alpha value is -0.980. The van der Waals surface area contributed by atoms with Crippen LogP contribution in [0.4, 0.5) is 0 Å². The van der Waals surface area contributed by atoms with Crippen LogP contribution in [-0.4, -0.2) is 26.5 Å². The summed E-state index contributed by atoms with van der Waals surface area (Å²) in [6, 6.07) is 3.12. The molecule has 1 aromatic rings. The number of unbranched alkanes of at least 4 members (excludes halogenated alkanes) is 2. The van der Waals surface area contributed by atoms with Crippen molar-refractivity contribution < 1.29 is 8.42 Å². The van der Waals surface area contributed by atoms with Gasteiger partial charge in [-0.3, -0.25) is 4.98 Å². The summed E-state index contributed by atoms with van der Waals surface area (Å²) < 4.78 is 25.9. The van der Waals surface area contributed by atoms with Gasteiger partial charge in [-0.05, 0) is 31.5 Å². The van der Waals surface area contributed by atoms with Crippen molar-refractivity contribution in [3.05, 3.63) is 24.5 Å². The highest BCUT2D eigenvalue weighted by molar-refractivity contribution is 7.89. The van der Waals surface area contributed by atoms with Crippen molar-refractivity contribution >= 4 is 10.0 Å². The first-order chi connectivity index (χ1) is 7.67. The van der Waals surface area contributed by atoms with Crippen LogP contribution in [0, 0.1) is 0 Å². The zero-order valence-corrected chi connectivity index (χ0v) is 9.91. The third-order valence-corrected chi connectivity index (χ3v) is 3.56. The van der Waals surface area contributed by atoms with E-state index in [1.54, 1.807) is 12.3 Å². The molecule has 0 aliphatic heterocycles. The summed E-state index contributed by atoms with van der Waals surface area (Å²) in [5, 5.41) is 0. The fourth-order valence-corrected chi connectivity index (χ4v) is 2.28. The van der Waals surface area contributed by atoms with Gasteiger partial charge < -0.3 is 5.73 Å². The Balaban J connectivity index is 2.41. The maximum absolute atomic E-state index is 11.7. The lowest BCUT2D eigenvalue weighted by Gasteiger charge is -2.05. The Kier molecular flexibility index (Phi) is 5.37. The molecule has 3 N–H and O–H groups in total. The average molecular weight is 243 g/mol. The summed E-state index contributed by atoms with van der Waals surface area (Å²) in [4.78, 5) is 3.98. The van der Waals surface area contributed by atoms with E-state index in [1.165, 1.54) is 12.3 Å². The molecule has 0 unspecified atom stereocenters. The van der Waals surface area contributed by atoms with Gasteiger partial charge in [0, 0.05) is 18.9 Å². The first-order valence-corrected chi connectivity index (χ1v) is 6.75. The SMILES string of the molecule is NCCCCCNS(=O)(=O)c1cccnc1. The monoisotopic (exact) mass is 243 g/mol. The third kappa shape index (κ3) is 4.26. The minimum Gasteiger partial charge on any atom is -0.330 e. The molecular formula is C10H17N3O2S. The van der Waals surface area contributed by atoms with Gasteiger partial charge in [-0.2, -0.15) is 0 Å². The van der Waals surface area contributed by atoms with Gasteiger partial charge in [-0.15, -0.1) is 0 Å². The highest BCUT2D eigenvalue weighted by Gasteiger charge is 2.12. The van der Waals surface area contributed by atoms with Crippen molar-refractivity contribution in [2.24, 2.45) is 5.73 Å². The second-order valence-electron chi connectivity index (χ2n) is 3.44. The first-order valence-electron chi connectivity index (χ1n) is 5.26. The number of rotatable bonds is 7. The molecule has 16 heavy (non-hydrogen) atoms. The van der Waals surface area contributed by atoms with E-state index in [4.69, 9.17) is 5.73 Å². The second kappa shape index (κ2) is 6.57. The fourth-order valence-electron chi connectivity index (χ4n) is 1.24. The van der Waals surface area contributed by atoms with E-state index in [9.17, 15) is 8.42 Å². The molecule has 0 atom stereocenters. The summed E-state index contributed by atoms with van der Waals surface area (Å²) in [6.45, 7) is 1.09. The van der Waals surface area contributed by atoms with E-state index in [-0.39, 0.29) is 4.90 Å². The molecule has 0 bridgehead atoms. The first kappa shape index (κ1) is 13.1. The molecule has 1 rings (SSSR count). The van der Waals surface area contributed by atoms with Gasteiger partial charge in [0.25, 0.3) is 0 Å². The van der Waals surface area contributed by atoms with E-state index in [1.807, 2.05) is 0 Å². The van der Waals surface area contributed by atoms with Gasteiger partial charge in [0.1, 0.15) is 4.90 Å². The third-order valence-electron chi connectivity index (χ3n) is 2.12. The highest BCUT2D eigenvalue weighted by atomic mass is 32.2. The smallest absolute Gasteiger partial charge is 0.242 e. The predicted molar refractivity (Wildman–Crippen MR) is 62.3 cm³/mol. The lowest BCUT2D eigenvalue weighted by molar-refractivity contribution is 0.574. The van der Waals surface area contributed by atoms with Crippen molar-refractivity contribution in [1.29, 1.82) is 0 Å². The molecule has 1 aromatic heterocycles. The molecule has 0 amide bonds. The molecule has 1 heterocycles. The zero-order valence-electron chi connectivity index (χ0n) is 9.09. The van der Waals surface area contributed by atoms with E-state index < -0.39 is 10.0 Å². The van der Waals surface area contributed by atoms with Crippen LogP contribution >= 0.6 is 0 Å². The number of sulfonamides is 1. The lowest BCUT2D eigenvalue weighted by atomic mass is 10.2. The van der Waals surface area contributed by atoms with Crippen molar-refractivity contribution in [3.63, 3.8) is 0 Å². The molecule has 0 spiro atoms. The Labute approximate surface area is 96.1 Å². The molecule has 0 aromatic carbocycles. The average Bonchev–Trinajstić information content (AvgIpc) is 2.30. The molecule has 0 fully saturated rings. The van der Waals surface area contributed by atoms with Gasteiger partial charge in [0.15, 0.2) is 0 Å². The Morgan fingerprint density at radius 1 is 1.31 bits per heavy atom. The standard InChI is InChI=1S/C10H17N3O2S/c11-6-2-1-3-8-13-16(14,15)10-5-4-7-12-9-10/h4-5,7,9,13H,1-3,6,8,11H2. The maximum atomic E-state index is 11.7. The molecule has 5 nitrogen and oxygen atoms in total. The number of hydrogen-bond donors (Lipinski definition) is 2. The Bertz CT molecular complexity index is 392.